The normalized spacial score (nSPS) is 10.8. The largest absolute Gasteiger partial charge is 0.361 e. The third kappa shape index (κ3) is 2.81. The Morgan fingerprint density at radius 3 is 2.52 bits per heavy atom. The number of hydrogen-bond acceptors (Lipinski definition) is 8. The van der Waals surface area contributed by atoms with Gasteiger partial charge in [-0.3, -0.25) is 4.79 Å². The molecule has 21 heavy (non-hydrogen) atoms. The molecule has 0 atom stereocenters. The van der Waals surface area contributed by atoms with Crippen molar-refractivity contribution in [3.63, 3.8) is 0 Å². The molecule has 9 heteroatoms. The highest BCUT2D eigenvalue weighted by Gasteiger charge is 2.15. The first-order chi connectivity index (χ1) is 10.1. The number of hydrogen-bond donors (Lipinski definition) is 1. The van der Waals surface area contributed by atoms with E-state index >= 15 is 0 Å². The van der Waals surface area contributed by atoms with E-state index in [-0.39, 0.29) is 24.0 Å². The molecule has 0 aliphatic carbocycles. The van der Waals surface area contributed by atoms with E-state index in [1.54, 1.807) is 19.9 Å². The molecule has 3 heterocycles. The monoisotopic (exact) mass is 289 g/mol. The van der Waals surface area contributed by atoms with Gasteiger partial charge in [0, 0.05) is 12.1 Å². The Labute approximate surface area is 118 Å². The molecule has 0 radical (unpaired) electrons. The van der Waals surface area contributed by atoms with E-state index in [1.807, 2.05) is 0 Å². The van der Waals surface area contributed by atoms with Gasteiger partial charge in [-0.1, -0.05) is 15.5 Å². The minimum absolute atomic E-state index is 0.0780. The molecular formula is C12H11N5O4. The first kappa shape index (κ1) is 13.0. The number of aromatic nitrogens is 4. The zero-order chi connectivity index (χ0) is 14.8. The topological polar surface area (TPSA) is 120 Å². The van der Waals surface area contributed by atoms with Crippen molar-refractivity contribution in [3.8, 4) is 11.5 Å². The van der Waals surface area contributed by atoms with Crippen molar-refractivity contribution in [3.05, 3.63) is 35.2 Å². The van der Waals surface area contributed by atoms with Crippen LogP contribution in [0.2, 0.25) is 0 Å². The van der Waals surface area contributed by atoms with Gasteiger partial charge in [-0.25, -0.2) is 0 Å². The predicted molar refractivity (Wildman–Crippen MR) is 66.9 cm³/mol. The fourth-order valence-electron chi connectivity index (χ4n) is 1.62. The van der Waals surface area contributed by atoms with Crippen LogP contribution >= 0.6 is 0 Å². The summed E-state index contributed by atoms with van der Waals surface area (Å²) in [5.41, 5.74) is 0.667. The van der Waals surface area contributed by atoms with Crippen molar-refractivity contribution in [1.29, 1.82) is 0 Å². The van der Waals surface area contributed by atoms with Crippen LogP contribution in [0.3, 0.4) is 0 Å². The van der Waals surface area contributed by atoms with Crippen molar-refractivity contribution < 1.29 is 18.4 Å². The molecule has 108 valence electrons. The van der Waals surface area contributed by atoms with Crippen LogP contribution < -0.4 is 5.32 Å². The maximum absolute atomic E-state index is 11.8. The second kappa shape index (κ2) is 5.19. The van der Waals surface area contributed by atoms with E-state index in [4.69, 9.17) is 13.6 Å². The minimum atomic E-state index is -0.385. The first-order valence-corrected chi connectivity index (χ1v) is 6.09. The van der Waals surface area contributed by atoms with Gasteiger partial charge in [-0.15, -0.1) is 0 Å². The number of amides is 1. The van der Waals surface area contributed by atoms with Gasteiger partial charge in [0.15, 0.2) is 11.4 Å². The predicted octanol–water partition coefficient (Wildman–Crippen LogP) is 1.26. The lowest BCUT2D eigenvalue weighted by Gasteiger charge is -1.96. The number of carbonyl (C=O) groups excluding carboxylic acids is 1. The first-order valence-electron chi connectivity index (χ1n) is 6.09. The van der Waals surface area contributed by atoms with E-state index in [0.717, 1.165) is 0 Å². The lowest BCUT2D eigenvalue weighted by molar-refractivity contribution is 0.0937. The molecule has 3 aromatic heterocycles. The van der Waals surface area contributed by atoms with Crippen LogP contribution in [-0.4, -0.2) is 26.4 Å². The van der Waals surface area contributed by atoms with Crippen molar-refractivity contribution >= 4 is 5.91 Å². The van der Waals surface area contributed by atoms with E-state index in [1.165, 1.54) is 6.07 Å². The summed E-state index contributed by atoms with van der Waals surface area (Å²) in [6.45, 7) is 3.54. The molecule has 0 bridgehead atoms. The van der Waals surface area contributed by atoms with Crippen LogP contribution in [0.4, 0.5) is 0 Å². The van der Waals surface area contributed by atoms with Crippen molar-refractivity contribution in [2.75, 3.05) is 0 Å². The summed E-state index contributed by atoms with van der Waals surface area (Å²) in [6, 6.07) is 3.22. The molecular weight excluding hydrogens is 278 g/mol. The summed E-state index contributed by atoms with van der Waals surface area (Å²) in [7, 11) is 0. The molecule has 1 amide bonds. The third-order valence-corrected chi connectivity index (χ3v) is 2.59. The summed E-state index contributed by atoms with van der Waals surface area (Å²) in [6.07, 6.45) is 0. The second-order valence-electron chi connectivity index (χ2n) is 4.34. The van der Waals surface area contributed by atoms with E-state index in [9.17, 15) is 4.79 Å². The van der Waals surface area contributed by atoms with Crippen LogP contribution in [0.15, 0.2) is 25.7 Å². The average Bonchev–Trinajstić information content (AvgIpc) is 3.16. The SMILES string of the molecule is Cc1cc(C(=O)NCc2nc(-c3cc(C)on3)no2)no1. The molecule has 0 unspecified atom stereocenters. The second-order valence-corrected chi connectivity index (χ2v) is 4.34. The van der Waals surface area contributed by atoms with Gasteiger partial charge in [0.25, 0.3) is 5.91 Å². The number of carbonyl (C=O) groups is 1. The smallest absolute Gasteiger partial charge is 0.273 e. The molecule has 3 aromatic rings. The van der Waals surface area contributed by atoms with Crippen LogP contribution in [-0.2, 0) is 6.54 Å². The quantitative estimate of drug-likeness (QED) is 0.762. The average molecular weight is 289 g/mol. The Hall–Kier alpha value is -2.97. The van der Waals surface area contributed by atoms with Gasteiger partial charge < -0.3 is 18.9 Å². The van der Waals surface area contributed by atoms with E-state index in [0.29, 0.717) is 23.0 Å². The third-order valence-electron chi connectivity index (χ3n) is 2.59. The zero-order valence-corrected chi connectivity index (χ0v) is 11.3. The molecule has 0 saturated carbocycles. The summed E-state index contributed by atoms with van der Waals surface area (Å²) in [4.78, 5) is 15.9. The minimum Gasteiger partial charge on any atom is -0.361 e. The molecule has 9 nitrogen and oxygen atoms in total. The molecule has 0 aromatic carbocycles. The molecule has 0 saturated heterocycles. The van der Waals surface area contributed by atoms with Gasteiger partial charge in [0.1, 0.15) is 11.5 Å². The fourth-order valence-corrected chi connectivity index (χ4v) is 1.62. The Bertz CT molecular complexity index is 772. The summed E-state index contributed by atoms with van der Waals surface area (Å²) in [5, 5.41) is 13.7. The maximum Gasteiger partial charge on any atom is 0.273 e. The molecule has 3 rings (SSSR count). The van der Waals surface area contributed by atoms with Crippen LogP contribution in [0.1, 0.15) is 27.9 Å². The van der Waals surface area contributed by atoms with Gasteiger partial charge in [-0.2, -0.15) is 4.98 Å². The van der Waals surface area contributed by atoms with Gasteiger partial charge in [-0.05, 0) is 13.8 Å². The van der Waals surface area contributed by atoms with Gasteiger partial charge >= 0.3 is 0 Å². The Kier molecular flexibility index (Phi) is 3.22. The summed E-state index contributed by atoms with van der Waals surface area (Å²) >= 11 is 0. The highest BCUT2D eigenvalue weighted by atomic mass is 16.5. The van der Waals surface area contributed by atoms with E-state index in [2.05, 4.69) is 25.8 Å². The zero-order valence-electron chi connectivity index (χ0n) is 11.3. The van der Waals surface area contributed by atoms with Crippen molar-refractivity contribution in [1.82, 2.24) is 25.8 Å². The molecule has 0 aliphatic heterocycles. The number of aryl methyl sites for hydroxylation is 2. The Balaban J connectivity index is 1.64. The summed E-state index contributed by atoms with van der Waals surface area (Å²) < 4.78 is 14.8. The summed E-state index contributed by atoms with van der Waals surface area (Å²) in [5.74, 6) is 1.36. The lowest BCUT2D eigenvalue weighted by Crippen LogP contribution is -2.23. The van der Waals surface area contributed by atoms with Gasteiger partial charge in [0.05, 0.1) is 6.54 Å². The van der Waals surface area contributed by atoms with Crippen LogP contribution in [0.5, 0.6) is 0 Å². The van der Waals surface area contributed by atoms with Crippen molar-refractivity contribution in [2.24, 2.45) is 0 Å². The van der Waals surface area contributed by atoms with Crippen LogP contribution in [0, 0.1) is 13.8 Å². The molecule has 0 fully saturated rings. The number of nitrogens with zero attached hydrogens (tertiary/aromatic N) is 4. The Morgan fingerprint density at radius 2 is 1.86 bits per heavy atom. The van der Waals surface area contributed by atoms with Crippen molar-refractivity contribution in [2.45, 2.75) is 20.4 Å². The van der Waals surface area contributed by atoms with Gasteiger partial charge in [0.2, 0.25) is 11.7 Å². The standard InChI is InChI=1S/C12H11N5O4/c1-6-3-8(15-19-6)11-14-10(21-17-11)5-13-12(18)9-4-7(2)20-16-9/h3-4H,5H2,1-2H3,(H,13,18). The van der Waals surface area contributed by atoms with Crippen LogP contribution in [0.25, 0.3) is 11.5 Å². The maximum atomic E-state index is 11.8. The lowest BCUT2D eigenvalue weighted by atomic mass is 10.3. The molecule has 0 spiro atoms. The molecule has 0 aliphatic rings. The Morgan fingerprint density at radius 1 is 1.10 bits per heavy atom. The highest BCUT2D eigenvalue weighted by molar-refractivity contribution is 5.92. The van der Waals surface area contributed by atoms with E-state index < -0.39 is 0 Å². The number of nitrogens with one attached hydrogen (secondary N) is 1. The number of rotatable bonds is 4. The molecule has 1 N–H and O–H groups in total. The highest BCUT2D eigenvalue weighted by Crippen LogP contribution is 2.15. The fraction of sp³-hybridized carbons (Fsp3) is 0.250.